The molecule has 0 amide bonds. The van der Waals surface area contributed by atoms with Crippen LogP contribution in [0.25, 0.3) is 0 Å². The average Bonchev–Trinajstić information content (AvgIpc) is 2.85. The van der Waals surface area contributed by atoms with Crippen LogP contribution in [0, 0.1) is 5.92 Å². The lowest BCUT2D eigenvalue weighted by atomic mass is 9.99. The Morgan fingerprint density at radius 3 is 2.71 bits per heavy atom. The first-order valence-electron chi connectivity index (χ1n) is 6.79. The predicted octanol–water partition coefficient (Wildman–Crippen LogP) is 4.08. The molecule has 0 heterocycles. The lowest BCUT2D eigenvalue weighted by molar-refractivity contribution is 0.341. The molecule has 0 spiro atoms. The smallest absolute Gasteiger partial charge is 0.142 e. The normalized spacial score (nSPS) is 18.0. The zero-order valence-electron chi connectivity index (χ0n) is 10.9. The molecule has 2 heteroatoms. The maximum absolute atomic E-state index is 5.64. The molecule has 0 aliphatic heterocycles. The molecule has 0 radical (unpaired) electrons. The second-order valence-corrected chi connectivity index (χ2v) is 4.91. The predicted molar refractivity (Wildman–Crippen MR) is 72.7 cm³/mol. The second kappa shape index (κ2) is 5.95. The average molecular weight is 233 g/mol. The lowest BCUT2D eigenvalue weighted by Gasteiger charge is -2.23. The lowest BCUT2D eigenvalue weighted by Crippen LogP contribution is -2.24. The highest BCUT2D eigenvalue weighted by molar-refractivity contribution is 5.56. The monoisotopic (exact) mass is 233 g/mol. The van der Waals surface area contributed by atoms with E-state index in [1.807, 2.05) is 19.1 Å². The van der Waals surface area contributed by atoms with Gasteiger partial charge in [-0.2, -0.15) is 0 Å². The van der Waals surface area contributed by atoms with E-state index in [0.717, 1.165) is 24.0 Å². The molecule has 2 nitrogen and oxygen atoms in total. The summed E-state index contributed by atoms with van der Waals surface area (Å²) in [7, 11) is 0. The summed E-state index contributed by atoms with van der Waals surface area (Å²) in [4.78, 5) is 0. The van der Waals surface area contributed by atoms with Crippen LogP contribution in [0.4, 0.5) is 5.69 Å². The Balaban J connectivity index is 2.01. The Kier molecular flexibility index (Phi) is 4.29. The first-order valence-corrected chi connectivity index (χ1v) is 6.79. The first kappa shape index (κ1) is 12.3. The van der Waals surface area contributed by atoms with Crippen molar-refractivity contribution in [2.75, 3.05) is 11.9 Å². The SMILES string of the molecule is CCOc1ccccc1NC(C)C1CCCC1. The summed E-state index contributed by atoms with van der Waals surface area (Å²) in [5.74, 6) is 1.80. The summed E-state index contributed by atoms with van der Waals surface area (Å²) in [5, 5.41) is 3.61. The van der Waals surface area contributed by atoms with E-state index in [1.165, 1.54) is 25.7 Å². The van der Waals surface area contributed by atoms with E-state index in [0.29, 0.717) is 6.04 Å². The van der Waals surface area contributed by atoms with E-state index in [-0.39, 0.29) is 0 Å². The number of nitrogens with one attached hydrogen (secondary N) is 1. The van der Waals surface area contributed by atoms with Crippen LogP contribution in [0.5, 0.6) is 5.75 Å². The number of hydrogen-bond donors (Lipinski definition) is 1. The summed E-state index contributed by atoms with van der Waals surface area (Å²) in [6.07, 6.45) is 5.52. The quantitative estimate of drug-likeness (QED) is 0.827. The third-order valence-electron chi connectivity index (χ3n) is 3.68. The molecule has 17 heavy (non-hydrogen) atoms. The van der Waals surface area contributed by atoms with Crippen molar-refractivity contribution in [1.29, 1.82) is 0 Å². The van der Waals surface area contributed by atoms with E-state index < -0.39 is 0 Å². The molecule has 0 aromatic heterocycles. The van der Waals surface area contributed by atoms with Gasteiger partial charge in [-0.05, 0) is 44.7 Å². The van der Waals surface area contributed by atoms with E-state index in [4.69, 9.17) is 4.74 Å². The van der Waals surface area contributed by atoms with Crippen molar-refractivity contribution in [3.63, 3.8) is 0 Å². The fraction of sp³-hybridized carbons (Fsp3) is 0.600. The van der Waals surface area contributed by atoms with Crippen LogP contribution in [0.1, 0.15) is 39.5 Å². The number of hydrogen-bond acceptors (Lipinski definition) is 2. The van der Waals surface area contributed by atoms with Crippen molar-refractivity contribution >= 4 is 5.69 Å². The van der Waals surface area contributed by atoms with Crippen molar-refractivity contribution in [1.82, 2.24) is 0 Å². The first-order chi connectivity index (χ1) is 8.31. The third-order valence-corrected chi connectivity index (χ3v) is 3.68. The highest BCUT2D eigenvalue weighted by Gasteiger charge is 2.21. The topological polar surface area (TPSA) is 21.3 Å². The Bertz CT molecular complexity index is 345. The number of para-hydroxylation sites is 2. The van der Waals surface area contributed by atoms with Crippen molar-refractivity contribution in [3.05, 3.63) is 24.3 Å². The van der Waals surface area contributed by atoms with E-state index in [1.54, 1.807) is 0 Å². The molecule has 2 rings (SSSR count). The van der Waals surface area contributed by atoms with E-state index in [2.05, 4.69) is 24.4 Å². The van der Waals surface area contributed by atoms with Crippen LogP contribution in [0.15, 0.2) is 24.3 Å². The van der Waals surface area contributed by atoms with Gasteiger partial charge in [-0.15, -0.1) is 0 Å². The largest absolute Gasteiger partial charge is 0.492 e. The zero-order valence-corrected chi connectivity index (χ0v) is 10.9. The summed E-state index contributed by atoms with van der Waals surface area (Å²) in [5.41, 5.74) is 1.13. The van der Waals surface area contributed by atoms with Gasteiger partial charge in [0, 0.05) is 6.04 Å². The Hall–Kier alpha value is -1.18. The molecule has 1 aromatic carbocycles. The third kappa shape index (κ3) is 3.15. The second-order valence-electron chi connectivity index (χ2n) is 4.91. The van der Waals surface area contributed by atoms with Crippen LogP contribution < -0.4 is 10.1 Å². The van der Waals surface area contributed by atoms with E-state index >= 15 is 0 Å². The molecule has 1 atom stereocenters. The number of rotatable bonds is 5. The molecule has 0 bridgehead atoms. The standard InChI is InChI=1S/C15H23NO/c1-3-17-15-11-7-6-10-14(15)16-12(2)13-8-4-5-9-13/h6-7,10-13,16H,3-5,8-9H2,1-2H3. The minimum Gasteiger partial charge on any atom is -0.492 e. The maximum Gasteiger partial charge on any atom is 0.142 e. The summed E-state index contributed by atoms with van der Waals surface area (Å²) < 4.78 is 5.64. The number of ether oxygens (including phenoxy) is 1. The van der Waals surface area contributed by atoms with Gasteiger partial charge in [-0.1, -0.05) is 25.0 Å². The fourth-order valence-corrected chi connectivity index (χ4v) is 2.69. The minimum absolute atomic E-state index is 0.541. The molecule has 94 valence electrons. The van der Waals surface area contributed by atoms with Gasteiger partial charge in [-0.3, -0.25) is 0 Å². The number of benzene rings is 1. The van der Waals surface area contributed by atoms with Crippen molar-refractivity contribution in [3.8, 4) is 5.75 Å². The van der Waals surface area contributed by atoms with Crippen LogP contribution in [0.3, 0.4) is 0 Å². The van der Waals surface area contributed by atoms with Crippen LogP contribution in [0.2, 0.25) is 0 Å². The molecular weight excluding hydrogens is 210 g/mol. The molecule has 1 fully saturated rings. The highest BCUT2D eigenvalue weighted by atomic mass is 16.5. The van der Waals surface area contributed by atoms with Gasteiger partial charge < -0.3 is 10.1 Å². The van der Waals surface area contributed by atoms with Gasteiger partial charge in [0.2, 0.25) is 0 Å². The molecule has 1 N–H and O–H groups in total. The van der Waals surface area contributed by atoms with E-state index in [9.17, 15) is 0 Å². The van der Waals surface area contributed by atoms with Crippen molar-refractivity contribution < 1.29 is 4.74 Å². The minimum atomic E-state index is 0.541. The Morgan fingerprint density at radius 2 is 2.00 bits per heavy atom. The van der Waals surface area contributed by atoms with Crippen molar-refractivity contribution in [2.45, 2.75) is 45.6 Å². The number of anilines is 1. The van der Waals surface area contributed by atoms with Gasteiger partial charge in [0.25, 0.3) is 0 Å². The van der Waals surface area contributed by atoms with Crippen molar-refractivity contribution in [2.24, 2.45) is 5.92 Å². The maximum atomic E-state index is 5.64. The summed E-state index contributed by atoms with van der Waals surface area (Å²) in [6, 6.07) is 8.77. The van der Waals surface area contributed by atoms with Crippen LogP contribution >= 0.6 is 0 Å². The molecule has 1 aliphatic rings. The van der Waals surface area contributed by atoms with Gasteiger partial charge in [0.15, 0.2) is 0 Å². The van der Waals surface area contributed by atoms with Gasteiger partial charge in [0.05, 0.1) is 12.3 Å². The fourth-order valence-electron chi connectivity index (χ4n) is 2.69. The molecular formula is C15H23NO. The zero-order chi connectivity index (χ0) is 12.1. The molecule has 0 saturated heterocycles. The van der Waals surface area contributed by atoms with Gasteiger partial charge >= 0.3 is 0 Å². The summed E-state index contributed by atoms with van der Waals surface area (Å²) >= 11 is 0. The van der Waals surface area contributed by atoms with Gasteiger partial charge in [-0.25, -0.2) is 0 Å². The molecule has 1 aromatic rings. The van der Waals surface area contributed by atoms with Crippen LogP contribution in [-0.4, -0.2) is 12.6 Å². The highest BCUT2D eigenvalue weighted by Crippen LogP contribution is 2.31. The van der Waals surface area contributed by atoms with Crippen LogP contribution in [-0.2, 0) is 0 Å². The molecule has 1 unspecified atom stereocenters. The molecule has 1 saturated carbocycles. The Labute approximate surface area is 104 Å². The van der Waals surface area contributed by atoms with Gasteiger partial charge in [0.1, 0.15) is 5.75 Å². The molecule has 1 aliphatic carbocycles. The Morgan fingerprint density at radius 1 is 1.29 bits per heavy atom. The summed E-state index contributed by atoms with van der Waals surface area (Å²) in [6.45, 7) is 5.03.